The largest absolute Gasteiger partial charge is 0.497 e. The van der Waals surface area contributed by atoms with Crippen molar-refractivity contribution in [3.8, 4) is 5.75 Å². The van der Waals surface area contributed by atoms with E-state index in [1.54, 1.807) is 24.9 Å². The van der Waals surface area contributed by atoms with Crippen LogP contribution < -0.4 is 10.1 Å². The highest BCUT2D eigenvalue weighted by Crippen LogP contribution is 2.32. The van der Waals surface area contributed by atoms with Gasteiger partial charge in [-0.2, -0.15) is 0 Å². The van der Waals surface area contributed by atoms with Gasteiger partial charge in [0.2, 0.25) is 5.91 Å². The van der Waals surface area contributed by atoms with Crippen molar-refractivity contribution in [3.63, 3.8) is 0 Å². The molecule has 0 aromatic heterocycles. The van der Waals surface area contributed by atoms with Crippen LogP contribution in [0, 0.1) is 0 Å². The molecule has 0 aliphatic heterocycles. The lowest BCUT2D eigenvalue weighted by molar-refractivity contribution is -0.117. The zero-order valence-electron chi connectivity index (χ0n) is 15.4. The minimum absolute atomic E-state index is 0.0827. The molecule has 0 spiro atoms. The molecule has 27 heavy (non-hydrogen) atoms. The van der Waals surface area contributed by atoms with Crippen LogP contribution >= 0.6 is 11.8 Å². The molecule has 2 N–H and O–H groups in total. The fourth-order valence-electron chi connectivity index (χ4n) is 3.12. The van der Waals surface area contributed by atoms with E-state index in [1.807, 2.05) is 48.5 Å². The Balaban J connectivity index is 1.62. The summed E-state index contributed by atoms with van der Waals surface area (Å²) in [6, 6.07) is 16.1. The normalized spacial score (nSPS) is 19.8. The molecule has 5 heteroatoms. The third-order valence-electron chi connectivity index (χ3n) is 4.66. The van der Waals surface area contributed by atoms with Crippen molar-refractivity contribution in [3.05, 3.63) is 60.2 Å². The number of carbonyl (C=O) groups is 1. The lowest BCUT2D eigenvalue weighted by Gasteiger charge is -2.25. The van der Waals surface area contributed by atoms with Crippen LogP contribution in [0.25, 0.3) is 6.08 Å². The molecular weight excluding hydrogens is 358 g/mol. The van der Waals surface area contributed by atoms with E-state index in [1.165, 1.54) is 0 Å². The third kappa shape index (κ3) is 5.88. The minimum Gasteiger partial charge on any atom is -0.497 e. The fourth-order valence-corrected chi connectivity index (χ4v) is 4.04. The number of hydrogen-bond acceptors (Lipinski definition) is 4. The van der Waals surface area contributed by atoms with Gasteiger partial charge in [-0.1, -0.05) is 30.0 Å². The van der Waals surface area contributed by atoms with Crippen LogP contribution in [0.5, 0.6) is 5.75 Å². The van der Waals surface area contributed by atoms with Gasteiger partial charge in [-0.3, -0.25) is 4.79 Å². The summed E-state index contributed by atoms with van der Waals surface area (Å²) >= 11 is 1.65. The fraction of sp³-hybridized carbons (Fsp3) is 0.318. The van der Waals surface area contributed by atoms with E-state index in [-0.39, 0.29) is 18.1 Å². The van der Waals surface area contributed by atoms with Gasteiger partial charge in [0.1, 0.15) is 5.75 Å². The lowest BCUT2D eigenvalue weighted by Crippen LogP contribution is -2.37. The van der Waals surface area contributed by atoms with Crippen molar-refractivity contribution in [2.75, 3.05) is 7.11 Å². The van der Waals surface area contributed by atoms with Gasteiger partial charge in [-0.15, -0.1) is 0 Å². The van der Waals surface area contributed by atoms with Crippen LogP contribution in [0.4, 0.5) is 0 Å². The number of carbonyl (C=O) groups excluding carboxylic acids is 1. The predicted molar refractivity (Wildman–Crippen MR) is 109 cm³/mol. The van der Waals surface area contributed by atoms with Gasteiger partial charge in [0.05, 0.1) is 13.2 Å². The molecule has 1 saturated carbocycles. The van der Waals surface area contributed by atoms with Crippen LogP contribution in [-0.2, 0) is 4.79 Å². The monoisotopic (exact) mass is 383 g/mol. The molecular formula is C22H25NO3S. The van der Waals surface area contributed by atoms with Gasteiger partial charge in [0.25, 0.3) is 0 Å². The van der Waals surface area contributed by atoms with E-state index in [9.17, 15) is 9.90 Å². The van der Waals surface area contributed by atoms with Crippen LogP contribution in [0.3, 0.4) is 0 Å². The maximum Gasteiger partial charge on any atom is 0.244 e. The second kappa shape index (κ2) is 9.62. The number of methoxy groups -OCH3 is 1. The molecule has 1 fully saturated rings. The lowest BCUT2D eigenvalue weighted by atomic mass is 9.93. The highest BCUT2D eigenvalue weighted by atomic mass is 32.2. The van der Waals surface area contributed by atoms with Crippen LogP contribution in [0.2, 0.25) is 0 Å². The first-order valence-corrected chi connectivity index (χ1v) is 10.0. The summed E-state index contributed by atoms with van der Waals surface area (Å²) in [5.74, 6) is 0.750. The maximum atomic E-state index is 12.2. The summed E-state index contributed by atoms with van der Waals surface area (Å²) in [6.45, 7) is 0. The zero-order valence-corrected chi connectivity index (χ0v) is 16.2. The van der Waals surface area contributed by atoms with Gasteiger partial charge in [-0.25, -0.2) is 0 Å². The zero-order chi connectivity index (χ0) is 19.1. The predicted octanol–water partition coefficient (Wildman–Crippen LogP) is 4.28. The van der Waals surface area contributed by atoms with Crippen molar-refractivity contribution < 1.29 is 14.6 Å². The SMILES string of the molecule is COc1ccc(Sc2ccccc2C=CC(=O)NC2CCC(O)CC2)cc1. The molecule has 0 radical (unpaired) electrons. The quantitative estimate of drug-likeness (QED) is 0.731. The number of aliphatic hydroxyl groups is 1. The second-order valence-electron chi connectivity index (χ2n) is 6.66. The smallest absolute Gasteiger partial charge is 0.244 e. The number of nitrogens with one attached hydrogen (secondary N) is 1. The Kier molecular flexibility index (Phi) is 6.96. The minimum atomic E-state index is -0.212. The first-order chi connectivity index (χ1) is 13.1. The number of ether oxygens (including phenoxy) is 1. The molecule has 142 valence electrons. The Morgan fingerprint density at radius 3 is 2.52 bits per heavy atom. The number of amides is 1. The van der Waals surface area contributed by atoms with E-state index in [0.717, 1.165) is 46.8 Å². The molecule has 1 amide bonds. The Morgan fingerprint density at radius 1 is 1.11 bits per heavy atom. The number of hydrogen-bond donors (Lipinski definition) is 2. The van der Waals surface area contributed by atoms with E-state index < -0.39 is 0 Å². The van der Waals surface area contributed by atoms with Crippen molar-refractivity contribution in [1.82, 2.24) is 5.32 Å². The Labute approximate surface area is 164 Å². The Morgan fingerprint density at radius 2 is 1.81 bits per heavy atom. The first kappa shape index (κ1) is 19.5. The van der Waals surface area contributed by atoms with E-state index in [2.05, 4.69) is 11.4 Å². The number of rotatable bonds is 6. The molecule has 2 aromatic carbocycles. The Hall–Kier alpha value is -2.24. The molecule has 0 unspecified atom stereocenters. The maximum absolute atomic E-state index is 12.2. The Bertz CT molecular complexity index is 780. The molecule has 0 heterocycles. The molecule has 4 nitrogen and oxygen atoms in total. The van der Waals surface area contributed by atoms with Crippen molar-refractivity contribution >= 4 is 23.7 Å². The summed E-state index contributed by atoms with van der Waals surface area (Å²) < 4.78 is 5.20. The second-order valence-corrected chi connectivity index (χ2v) is 7.78. The van der Waals surface area contributed by atoms with E-state index in [0.29, 0.717) is 0 Å². The standard InChI is InChI=1S/C22H25NO3S/c1-26-19-11-13-20(14-12-19)27-21-5-3-2-4-16(21)6-15-22(25)23-17-7-9-18(24)10-8-17/h2-6,11-15,17-18,24H,7-10H2,1H3,(H,23,25). The summed E-state index contributed by atoms with van der Waals surface area (Å²) in [7, 11) is 1.66. The number of aliphatic hydroxyl groups excluding tert-OH is 1. The molecule has 3 rings (SSSR count). The molecule has 0 atom stereocenters. The van der Waals surface area contributed by atoms with Crippen LogP contribution in [0.15, 0.2) is 64.4 Å². The van der Waals surface area contributed by atoms with Crippen molar-refractivity contribution in [2.24, 2.45) is 0 Å². The molecule has 0 saturated heterocycles. The highest BCUT2D eigenvalue weighted by Gasteiger charge is 2.19. The number of benzene rings is 2. The van der Waals surface area contributed by atoms with Crippen molar-refractivity contribution in [1.29, 1.82) is 0 Å². The van der Waals surface area contributed by atoms with Crippen molar-refractivity contribution in [2.45, 2.75) is 47.6 Å². The van der Waals surface area contributed by atoms with Gasteiger partial charge < -0.3 is 15.2 Å². The summed E-state index contributed by atoms with van der Waals surface area (Å²) in [4.78, 5) is 14.4. The topological polar surface area (TPSA) is 58.6 Å². The summed E-state index contributed by atoms with van der Waals surface area (Å²) in [5, 5.41) is 12.6. The average Bonchev–Trinajstić information content (AvgIpc) is 2.70. The van der Waals surface area contributed by atoms with Gasteiger partial charge in [-0.05, 0) is 67.7 Å². The summed E-state index contributed by atoms with van der Waals surface area (Å²) in [5.41, 5.74) is 1.01. The molecule has 1 aliphatic carbocycles. The van der Waals surface area contributed by atoms with Crippen LogP contribution in [-0.4, -0.2) is 30.3 Å². The molecule has 1 aliphatic rings. The summed E-state index contributed by atoms with van der Waals surface area (Å²) in [6.07, 6.45) is 6.44. The average molecular weight is 384 g/mol. The first-order valence-electron chi connectivity index (χ1n) is 9.21. The third-order valence-corrected chi connectivity index (χ3v) is 5.76. The van der Waals surface area contributed by atoms with E-state index >= 15 is 0 Å². The van der Waals surface area contributed by atoms with Gasteiger partial charge in [0, 0.05) is 21.9 Å². The molecule has 0 bridgehead atoms. The van der Waals surface area contributed by atoms with Gasteiger partial charge >= 0.3 is 0 Å². The van der Waals surface area contributed by atoms with Gasteiger partial charge in [0.15, 0.2) is 0 Å². The van der Waals surface area contributed by atoms with Crippen LogP contribution in [0.1, 0.15) is 31.2 Å². The van der Waals surface area contributed by atoms with E-state index in [4.69, 9.17) is 4.74 Å². The molecule has 2 aromatic rings. The highest BCUT2D eigenvalue weighted by molar-refractivity contribution is 7.99.